The first kappa shape index (κ1) is 14.0. The first-order chi connectivity index (χ1) is 10.1. The van der Waals surface area contributed by atoms with E-state index >= 15 is 0 Å². The lowest BCUT2D eigenvalue weighted by atomic mass is 10.1. The van der Waals surface area contributed by atoms with Gasteiger partial charge in [0.25, 0.3) is 0 Å². The van der Waals surface area contributed by atoms with Crippen molar-refractivity contribution in [2.45, 2.75) is 19.2 Å². The average Bonchev–Trinajstić information content (AvgIpc) is 2.83. The fourth-order valence-corrected chi connectivity index (χ4v) is 3.78. The van der Waals surface area contributed by atoms with Crippen LogP contribution in [0.1, 0.15) is 22.1 Å². The molecule has 1 aliphatic rings. The van der Waals surface area contributed by atoms with E-state index in [1.54, 1.807) is 11.8 Å². The summed E-state index contributed by atoms with van der Waals surface area (Å²) in [6.07, 6.45) is 0. The summed E-state index contributed by atoms with van der Waals surface area (Å²) >= 11 is 1.65. The number of nitrogen functional groups attached to an aromatic ring is 1. The van der Waals surface area contributed by atoms with Crippen molar-refractivity contribution < 1.29 is 4.79 Å². The van der Waals surface area contributed by atoms with E-state index < -0.39 is 0 Å². The van der Waals surface area contributed by atoms with Crippen molar-refractivity contribution in [2.24, 2.45) is 0 Å². The summed E-state index contributed by atoms with van der Waals surface area (Å²) in [5, 5.41) is 0.00139. The van der Waals surface area contributed by atoms with Crippen LogP contribution in [-0.2, 0) is 4.79 Å². The molecule has 2 N–H and O–H groups in total. The summed E-state index contributed by atoms with van der Waals surface area (Å²) < 4.78 is 0. The molecule has 2 aromatic rings. The number of aryl methyl sites for hydroxylation is 2. The highest BCUT2D eigenvalue weighted by molar-refractivity contribution is 8.00. The molecule has 0 aromatic heterocycles. The normalized spacial score (nSPS) is 18.3. The van der Waals surface area contributed by atoms with E-state index in [2.05, 4.69) is 18.2 Å². The first-order valence-corrected chi connectivity index (χ1v) is 7.97. The number of carbonyl (C=O) groups excluding carboxylic acids is 1. The van der Waals surface area contributed by atoms with Crippen LogP contribution in [0.5, 0.6) is 0 Å². The third kappa shape index (κ3) is 2.63. The van der Waals surface area contributed by atoms with Gasteiger partial charge in [0.05, 0.1) is 5.75 Å². The monoisotopic (exact) mass is 298 g/mol. The number of rotatable bonds is 2. The highest BCUT2D eigenvalue weighted by atomic mass is 32.2. The van der Waals surface area contributed by atoms with E-state index in [9.17, 15) is 4.79 Å². The van der Waals surface area contributed by atoms with Crippen LogP contribution < -0.4 is 10.6 Å². The number of nitrogens with zero attached hydrogens (tertiary/aromatic N) is 1. The number of carbonyl (C=O) groups is 1. The molecule has 1 atom stereocenters. The molecule has 0 radical (unpaired) electrons. The van der Waals surface area contributed by atoms with Crippen LogP contribution in [0.4, 0.5) is 11.4 Å². The minimum Gasteiger partial charge on any atom is -0.399 e. The number of anilines is 2. The summed E-state index contributed by atoms with van der Waals surface area (Å²) in [4.78, 5) is 14.3. The van der Waals surface area contributed by atoms with Crippen LogP contribution in [0.3, 0.4) is 0 Å². The van der Waals surface area contributed by atoms with E-state index in [-0.39, 0.29) is 11.3 Å². The van der Waals surface area contributed by atoms with E-state index in [1.807, 2.05) is 43.0 Å². The Balaban J connectivity index is 2.06. The molecule has 0 saturated carbocycles. The molecule has 4 heteroatoms. The molecule has 1 saturated heterocycles. The Morgan fingerprint density at radius 1 is 1.19 bits per heavy atom. The Bertz CT molecular complexity index is 699. The Labute approximate surface area is 129 Å². The Kier molecular flexibility index (Phi) is 3.64. The van der Waals surface area contributed by atoms with Gasteiger partial charge in [-0.25, -0.2) is 0 Å². The molecule has 0 aliphatic carbocycles. The Hall–Kier alpha value is -1.94. The number of hydrogen-bond donors (Lipinski definition) is 1. The zero-order valence-electron chi connectivity index (χ0n) is 12.2. The molecule has 1 unspecified atom stereocenters. The predicted octanol–water partition coefficient (Wildman–Crippen LogP) is 3.66. The van der Waals surface area contributed by atoms with Crippen molar-refractivity contribution >= 4 is 29.0 Å². The van der Waals surface area contributed by atoms with Crippen molar-refractivity contribution in [1.29, 1.82) is 0 Å². The predicted molar refractivity (Wildman–Crippen MR) is 89.5 cm³/mol. The third-order valence-corrected chi connectivity index (χ3v) is 4.90. The number of nitrogens with two attached hydrogens (primary N) is 1. The zero-order chi connectivity index (χ0) is 15.0. The standard InChI is InChI=1S/C17H18N2OS/c1-11-6-7-12(2)15(8-11)19-16(20)10-21-17(19)13-4-3-5-14(18)9-13/h3-9,17H,10,18H2,1-2H3. The quantitative estimate of drug-likeness (QED) is 0.861. The van der Waals surface area contributed by atoms with E-state index in [1.165, 1.54) is 0 Å². The van der Waals surface area contributed by atoms with Gasteiger partial charge < -0.3 is 5.73 Å². The molecular formula is C17H18N2OS. The lowest BCUT2D eigenvalue weighted by molar-refractivity contribution is -0.115. The number of benzene rings is 2. The summed E-state index contributed by atoms with van der Waals surface area (Å²) in [5.74, 6) is 0.661. The van der Waals surface area contributed by atoms with Gasteiger partial charge in [-0.05, 0) is 48.7 Å². The van der Waals surface area contributed by atoms with Gasteiger partial charge in [-0.2, -0.15) is 0 Å². The van der Waals surface area contributed by atoms with Gasteiger partial charge in [-0.1, -0.05) is 24.3 Å². The summed E-state index contributed by atoms with van der Waals surface area (Å²) in [6, 6.07) is 14.0. The molecule has 1 fully saturated rings. The number of hydrogen-bond acceptors (Lipinski definition) is 3. The second kappa shape index (κ2) is 5.45. The first-order valence-electron chi connectivity index (χ1n) is 6.92. The topological polar surface area (TPSA) is 46.3 Å². The summed E-state index contributed by atoms with van der Waals surface area (Å²) in [7, 11) is 0. The molecule has 0 spiro atoms. The molecule has 1 amide bonds. The largest absolute Gasteiger partial charge is 0.399 e. The average molecular weight is 298 g/mol. The number of amides is 1. The van der Waals surface area contributed by atoms with Gasteiger partial charge in [0.1, 0.15) is 5.37 Å². The zero-order valence-corrected chi connectivity index (χ0v) is 13.0. The van der Waals surface area contributed by atoms with E-state index in [4.69, 9.17) is 5.73 Å². The minimum absolute atomic E-state index is 0.00139. The molecule has 1 aliphatic heterocycles. The SMILES string of the molecule is Cc1ccc(C)c(N2C(=O)CSC2c2cccc(N)c2)c1. The second-order valence-electron chi connectivity index (χ2n) is 5.39. The molecular weight excluding hydrogens is 280 g/mol. The Morgan fingerprint density at radius 3 is 2.76 bits per heavy atom. The lowest BCUT2D eigenvalue weighted by Crippen LogP contribution is -2.28. The second-order valence-corrected chi connectivity index (χ2v) is 6.46. The smallest absolute Gasteiger partial charge is 0.238 e. The minimum atomic E-state index is 0.00139. The molecule has 3 nitrogen and oxygen atoms in total. The molecule has 108 valence electrons. The van der Waals surface area contributed by atoms with Crippen molar-refractivity contribution in [3.8, 4) is 0 Å². The highest BCUT2D eigenvalue weighted by Crippen LogP contribution is 2.43. The fourth-order valence-electron chi connectivity index (χ4n) is 2.62. The van der Waals surface area contributed by atoms with Crippen LogP contribution in [0, 0.1) is 13.8 Å². The molecule has 0 bridgehead atoms. The van der Waals surface area contributed by atoms with Gasteiger partial charge >= 0.3 is 0 Å². The van der Waals surface area contributed by atoms with Gasteiger partial charge in [0.2, 0.25) is 5.91 Å². The van der Waals surface area contributed by atoms with Crippen LogP contribution in [0.15, 0.2) is 42.5 Å². The summed E-state index contributed by atoms with van der Waals surface area (Å²) in [6.45, 7) is 4.09. The van der Waals surface area contributed by atoms with Crippen LogP contribution in [-0.4, -0.2) is 11.7 Å². The van der Waals surface area contributed by atoms with Gasteiger partial charge in [0.15, 0.2) is 0 Å². The Morgan fingerprint density at radius 2 is 2.00 bits per heavy atom. The van der Waals surface area contributed by atoms with E-state index in [0.717, 1.165) is 28.1 Å². The van der Waals surface area contributed by atoms with Crippen LogP contribution >= 0.6 is 11.8 Å². The molecule has 21 heavy (non-hydrogen) atoms. The maximum atomic E-state index is 12.4. The van der Waals surface area contributed by atoms with Gasteiger partial charge in [-0.15, -0.1) is 11.8 Å². The van der Waals surface area contributed by atoms with Crippen molar-refractivity contribution in [3.05, 3.63) is 59.2 Å². The summed E-state index contributed by atoms with van der Waals surface area (Å²) in [5.41, 5.74) is 11.0. The number of thioether (sulfide) groups is 1. The third-order valence-electron chi connectivity index (χ3n) is 3.69. The molecule has 3 rings (SSSR count). The fraction of sp³-hybridized carbons (Fsp3) is 0.235. The molecule has 2 aromatic carbocycles. The maximum Gasteiger partial charge on any atom is 0.238 e. The van der Waals surface area contributed by atoms with Crippen molar-refractivity contribution in [2.75, 3.05) is 16.4 Å². The van der Waals surface area contributed by atoms with Crippen molar-refractivity contribution in [3.63, 3.8) is 0 Å². The lowest BCUT2D eigenvalue weighted by Gasteiger charge is -2.26. The molecule has 1 heterocycles. The van der Waals surface area contributed by atoms with Crippen LogP contribution in [0.2, 0.25) is 0 Å². The highest BCUT2D eigenvalue weighted by Gasteiger charge is 2.34. The van der Waals surface area contributed by atoms with E-state index in [0.29, 0.717) is 5.75 Å². The van der Waals surface area contributed by atoms with Crippen molar-refractivity contribution in [1.82, 2.24) is 0 Å². The van der Waals surface area contributed by atoms with Crippen LogP contribution in [0.25, 0.3) is 0 Å². The maximum absolute atomic E-state index is 12.4. The van der Waals surface area contributed by atoms with Gasteiger partial charge in [-0.3, -0.25) is 9.69 Å². The van der Waals surface area contributed by atoms with Gasteiger partial charge in [0, 0.05) is 11.4 Å².